The predicted octanol–water partition coefficient (Wildman–Crippen LogP) is 3.61. The van der Waals surface area contributed by atoms with Crippen molar-refractivity contribution < 1.29 is 0 Å². The highest BCUT2D eigenvalue weighted by atomic mass is 35.5. The van der Waals surface area contributed by atoms with E-state index in [-0.39, 0.29) is 0 Å². The fourth-order valence-electron chi connectivity index (χ4n) is 2.60. The molecular weight excluding hydrogens is 264 g/mol. The first kappa shape index (κ1) is 14.3. The van der Waals surface area contributed by atoms with Crippen LogP contribution in [0, 0.1) is 5.92 Å². The Morgan fingerprint density at radius 1 is 1.50 bits per heavy atom. The molecule has 1 aliphatic heterocycles. The fourth-order valence-corrected chi connectivity index (χ4v) is 3.73. The van der Waals surface area contributed by atoms with Crippen LogP contribution < -0.4 is 5.32 Å². The molecule has 18 heavy (non-hydrogen) atoms. The lowest BCUT2D eigenvalue weighted by Crippen LogP contribution is -2.39. The van der Waals surface area contributed by atoms with Gasteiger partial charge in [0, 0.05) is 18.0 Å². The van der Waals surface area contributed by atoms with Crippen molar-refractivity contribution in [3.63, 3.8) is 0 Å². The maximum atomic E-state index is 5.98. The molecule has 0 spiro atoms. The van der Waals surface area contributed by atoms with Gasteiger partial charge in [-0.15, -0.1) is 11.3 Å². The summed E-state index contributed by atoms with van der Waals surface area (Å²) in [5.41, 5.74) is 0. The molecule has 1 fully saturated rings. The molecule has 102 valence electrons. The molecule has 0 aliphatic carbocycles. The molecule has 1 N–H and O–H groups in total. The quantitative estimate of drug-likeness (QED) is 0.804. The van der Waals surface area contributed by atoms with Crippen molar-refractivity contribution in [3.05, 3.63) is 21.3 Å². The van der Waals surface area contributed by atoms with Crippen LogP contribution in [-0.2, 0) is 6.54 Å². The first-order valence-electron chi connectivity index (χ1n) is 6.95. The molecule has 0 radical (unpaired) electrons. The highest BCUT2D eigenvalue weighted by molar-refractivity contribution is 7.16. The van der Waals surface area contributed by atoms with Gasteiger partial charge in [-0.25, -0.2) is 0 Å². The van der Waals surface area contributed by atoms with Gasteiger partial charge in [-0.05, 0) is 56.9 Å². The van der Waals surface area contributed by atoms with Crippen LogP contribution in [0.25, 0.3) is 0 Å². The molecule has 2 nitrogen and oxygen atoms in total. The molecule has 1 aliphatic rings. The summed E-state index contributed by atoms with van der Waals surface area (Å²) >= 11 is 7.69. The van der Waals surface area contributed by atoms with Gasteiger partial charge in [0.1, 0.15) is 0 Å². The van der Waals surface area contributed by atoms with E-state index in [9.17, 15) is 0 Å². The van der Waals surface area contributed by atoms with Crippen LogP contribution in [0.5, 0.6) is 0 Å². The minimum Gasteiger partial charge on any atom is -0.316 e. The molecule has 1 atom stereocenters. The van der Waals surface area contributed by atoms with Gasteiger partial charge in [-0.2, -0.15) is 0 Å². The SMILES string of the molecule is CCCNCC1CCCN(Cc2ccc(Cl)s2)C1. The summed E-state index contributed by atoms with van der Waals surface area (Å²) in [6.07, 6.45) is 3.93. The van der Waals surface area contributed by atoms with Crippen LogP contribution in [0.2, 0.25) is 4.34 Å². The van der Waals surface area contributed by atoms with Crippen molar-refractivity contribution in [2.75, 3.05) is 26.2 Å². The Morgan fingerprint density at radius 3 is 3.11 bits per heavy atom. The molecule has 1 aromatic heterocycles. The summed E-state index contributed by atoms with van der Waals surface area (Å²) in [6, 6.07) is 4.16. The maximum Gasteiger partial charge on any atom is 0.0931 e. The second-order valence-electron chi connectivity index (χ2n) is 5.15. The molecule has 0 amide bonds. The summed E-state index contributed by atoms with van der Waals surface area (Å²) in [5.74, 6) is 0.820. The zero-order chi connectivity index (χ0) is 12.8. The lowest BCUT2D eigenvalue weighted by atomic mass is 9.98. The Kier molecular flexibility index (Phi) is 5.96. The Labute approximate surface area is 119 Å². The monoisotopic (exact) mass is 286 g/mol. The van der Waals surface area contributed by atoms with Crippen LogP contribution in [0.15, 0.2) is 12.1 Å². The van der Waals surface area contributed by atoms with E-state index in [1.54, 1.807) is 11.3 Å². The predicted molar refractivity (Wildman–Crippen MR) is 80.5 cm³/mol. The van der Waals surface area contributed by atoms with Gasteiger partial charge in [-0.1, -0.05) is 18.5 Å². The van der Waals surface area contributed by atoms with Crippen LogP contribution in [0.1, 0.15) is 31.1 Å². The lowest BCUT2D eigenvalue weighted by molar-refractivity contribution is 0.167. The Bertz CT molecular complexity index is 353. The van der Waals surface area contributed by atoms with Crippen molar-refractivity contribution in [3.8, 4) is 0 Å². The number of nitrogens with zero attached hydrogens (tertiary/aromatic N) is 1. The molecule has 1 saturated heterocycles. The third-order valence-electron chi connectivity index (χ3n) is 3.47. The van der Waals surface area contributed by atoms with Gasteiger partial charge in [0.15, 0.2) is 0 Å². The maximum absolute atomic E-state index is 5.98. The number of likely N-dealkylation sites (tertiary alicyclic amines) is 1. The number of nitrogens with one attached hydrogen (secondary N) is 1. The second-order valence-corrected chi connectivity index (χ2v) is 6.95. The molecule has 2 rings (SSSR count). The molecule has 2 heterocycles. The smallest absolute Gasteiger partial charge is 0.0931 e. The number of piperidine rings is 1. The van der Waals surface area contributed by atoms with Gasteiger partial charge < -0.3 is 5.32 Å². The number of hydrogen-bond acceptors (Lipinski definition) is 3. The van der Waals surface area contributed by atoms with Crippen LogP contribution in [-0.4, -0.2) is 31.1 Å². The Hall–Kier alpha value is -0.0900. The average molecular weight is 287 g/mol. The van der Waals surface area contributed by atoms with Gasteiger partial charge in [0.2, 0.25) is 0 Å². The molecule has 0 bridgehead atoms. The molecule has 1 unspecified atom stereocenters. The normalized spacial score (nSPS) is 21.3. The zero-order valence-corrected chi connectivity index (χ0v) is 12.7. The van der Waals surface area contributed by atoms with E-state index in [1.807, 2.05) is 6.07 Å². The third kappa shape index (κ3) is 4.54. The number of halogens is 1. The molecule has 4 heteroatoms. The van der Waals surface area contributed by atoms with Gasteiger partial charge in [0.25, 0.3) is 0 Å². The van der Waals surface area contributed by atoms with Crippen LogP contribution in [0.4, 0.5) is 0 Å². The molecule has 1 aromatic rings. The van der Waals surface area contributed by atoms with Gasteiger partial charge in [-0.3, -0.25) is 4.90 Å². The fraction of sp³-hybridized carbons (Fsp3) is 0.714. The van der Waals surface area contributed by atoms with E-state index in [0.717, 1.165) is 23.3 Å². The van der Waals surface area contributed by atoms with Crippen molar-refractivity contribution in [2.24, 2.45) is 5.92 Å². The molecule has 0 aromatic carbocycles. The lowest BCUT2D eigenvalue weighted by Gasteiger charge is -2.32. The van der Waals surface area contributed by atoms with Crippen molar-refractivity contribution >= 4 is 22.9 Å². The average Bonchev–Trinajstić information content (AvgIpc) is 2.76. The highest BCUT2D eigenvalue weighted by Gasteiger charge is 2.19. The standard InChI is InChI=1S/C14H23ClN2S/c1-2-7-16-9-12-4-3-8-17(10-12)11-13-5-6-14(15)18-13/h5-6,12,16H,2-4,7-11H2,1H3. The summed E-state index contributed by atoms with van der Waals surface area (Å²) in [6.45, 7) is 8.08. The van der Waals surface area contributed by atoms with Crippen LogP contribution >= 0.6 is 22.9 Å². The summed E-state index contributed by atoms with van der Waals surface area (Å²) < 4.78 is 0.906. The van der Waals surface area contributed by atoms with Gasteiger partial charge in [0.05, 0.1) is 4.34 Å². The van der Waals surface area contributed by atoms with E-state index in [0.29, 0.717) is 0 Å². The Balaban J connectivity index is 1.76. The summed E-state index contributed by atoms with van der Waals surface area (Å²) in [4.78, 5) is 3.96. The van der Waals surface area contributed by atoms with E-state index in [2.05, 4.69) is 23.2 Å². The van der Waals surface area contributed by atoms with Crippen molar-refractivity contribution in [1.29, 1.82) is 0 Å². The first-order valence-corrected chi connectivity index (χ1v) is 8.14. The van der Waals surface area contributed by atoms with Crippen molar-refractivity contribution in [1.82, 2.24) is 10.2 Å². The second kappa shape index (κ2) is 7.49. The minimum atomic E-state index is 0.820. The number of rotatable bonds is 6. The number of hydrogen-bond donors (Lipinski definition) is 1. The van der Waals surface area contributed by atoms with E-state index in [1.165, 1.54) is 43.8 Å². The van der Waals surface area contributed by atoms with Gasteiger partial charge >= 0.3 is 0 Å². The number of thiophene rings is 1. The van der Waals surface area contributed by atoms with E-state index >= 15 is 0 Å². The van der Waals surface area contributed by atoms with E-state index < -0.39 is 0 Å². The molecular formula is C14H23ClN2S. The van der Waals surface area contributed by atoms with E-state index in [4.69, 9.17) is 11.6 Å². The molecule has 0 saturated carbocycles. The van der Waals surface area contributed by atoms with Crippen LogP contribution in [0.3, 0.4) is 0 Å². The highest BCUT2D eigenvalue weighted by Crippen LogP contribution is 2.24. The third-order valence-corrected chi connectivity index (χ3v) is 4.69. The summed E-state index contributed by atoms with van der Waals surface area (Å²) in [7, 11) is 0. The summed E-state index contributed by atoms with van der Waals surface area (Å²) in [5, 5.41) is 3.55. The first-order chi connectivity index (χ1) is 8.78. The zero-order valence-electron chi connectivity index (χ0n) is 11.1. The largest absolute Gasteiger partial charge is 0.316 e. The Morgan fingerprint density at radius 2 is 2.39 bits per heavy atom. The van der Waals surface area contributed by atoms with Crippen molar-refractivity contribution in [2.45, 2.75) is 32.7 Å². The topological polar surface area (TPSA) is 15.3 Å². The minimum absolute atomic E-state index is 0.820.